The van der Waals surface area contributed by atoms with Crippen molar-refractivity contribution >= 4 is 84.6 Å². The Labute approximate surface area is 204 Å². The second-order valence-corrected chi connectivity index (χ2v) is 11.0. The van der Waals surface area contributed by atoms with E-state index in [1.54, 1.807) is 0 Å². The molecule has 0 aliphatic rings. The monoisotopic (exact) mass is 466 g/mol. The molecular formula is C32H18S2. The third-order valence-corrected chi connectivity index (χ3v) is 9.31. The highest BCUT2D eigenvalue weighted by molar-refractivity contribution is 7.26. The summed E-state index contributed by atoms with van der Waals surface area (Å²) >= 11 is 3.79. The maximum Gasteiger partial charge on any atom is 0.0368 e. The summed E-state index contributed by atoms with van der Waals surface area (Å²) in [5.41, 5.74) is 2.64. The third kappa shape index (κ3) is 2.47. The summed E-state index contributed by atoms with van der Waals surface area (Å²) in [6, 6.07) is 40.4. The van der Waals surface area contributed by atoms with Crippen LogP contribution < -0.4 is 0 Å². The van der Waals surface area contributed by atoms with Crippen LogP contribution in [0.2, 0.25) is 0 Å². The predicted molar refractivity (Wildman–Crippen MR) is 153 cm³/mol. The second kappa shape index (κ2) is 6.89. The Hall–Kier alpha value is -3.72. The molecule has 0 bridgehead atoms. The van der Waals surface area contributed by atoms with Gasteiger partial charge in [-0.05, 0) is 56.9 Å². The normalized spacial score (nSPS) is 12.1. The van der Waals surface area contributed by atoms with Crippen molar-refractivity contribution in [1.29, 1.82) is 0 Å². The van der Waals surface area contributed by atoms with Crippen LogP contribution in [0, 0.1) is 0 Å². The van der Waals surface area contributed by atoms with Gasteiger partial charge in [-0.1, -0.05) is 84.9 Å². The fraction of sp³-hybridized carbons (Fsp3) is 0. The second-order valence-electron chi connectivity index (χ2n) is 8.88. The molecule has 8 aromatic rings. The van der Waals surface area contributed by atoms with Crippen LogP contribution in [-0.4, -0.2) is 0 Å². The number of thiophene rings is 2. The Morgan fingerprint density at radius 1 is 0.353 bits per heavy atom. The molecule has 0 aliphatic carbocycles. The van der Waals surface area contributed by atoms with E-state index >= 15 is 0 Å². The van der Waals surface area contributed by atoms with Crippen LogP contribution in [-0.2, 0) is 0 Å². The van der Waals surface area contributed by atoms with Gasteiger partial charge in [0.15, 0.2) is 0 Å². The summed E-state index contributed by atoms with van der Waals surface area (Å²) in [5, 5.41) is 10.8. The third-order valence-electron chi connectivity index (χ3n) is 7.06. The molecule has 0 radical (unpaired) electrons. The molecule has 2 heterocycles. The van der Waals surface area contributed by atoms with Crippen LogP contribution in [0.25, 0.3) is 73.0 Å². The molecule has 0 saturated heterocycles. The molecule has 2 aromatic heterocycles. The van der Waals surface area contributed by atoms with Crippen LogP contribution >= 0.6 is 22.7 Å². The molecule has 0 aliphatic heterocycles. The number of rotatable bonds is 1. The lowest BCUT2D eigenvalue weighted by Crippen LogP contribution is -1.86. The van der Waals surface area contributed by atoms with Gasteiger partial charge >= 0.3 is 0 Å². The molecular weight excluding hydrogens is 448 g/mol. The van der Waals surface area contributed by atoms with E-state index in [-0.39, 0.29) is 0 Å². The van der Waals surface area contributed by atoms with E-state index in [0.29, 0.717) is 0 Å². The average Bonchev–Trinajstić information content (AvgIpc) is 3.46. The minimum Gasteiger partial charge on any atom is -0.135 e. The Kier molecular flexibility index (Phi) is 3.79. The lowest BCUT2D eigenvalue weighted by Gasteiger charge is -2.13. The molecule has 0 nitrogen and oxygen atoms in total. The molecule has 6 aromatic carbocycles. The molecule has 0 N–H and O–H groups in total. The zero-order valence-electron chi connectivity index (χ0n) is 18.2. The van der Waals surface area contributed by atoms with Crippen molar-refractivity contribution in [3.63, 3.8) is 0 Å². The standard InChI is InChI=1S/C32H18S2/c1-2-10-21-20(9-1)25(18-29-31(21)23-11-3-5-14-26(23)34-29)22-13-7-8-19-16-17-28-32(30(19)22)24-12-4-6-15-27(24)33-28/h1-18H. The van der Waals surface area contributed by atoms with E-state index in [2.05, 4.69) is 109 Å². The van der Waals surface area contributed by atoms with Gasteiger partial charge in [-0.25, -0.2) is 0 Å². The van der Waals surface area contributed by atoms with Gasteiger partial charge in [0.05, 0.1) is 0 Å². The lowest BCUT2D eigenvalue weighted by atomic mass is 9.90. The Morgan fingerprint density at radius 3 is 1.79 bits per heavy atom. The summed E-state index contributed by atoms with van der Waals surface area (Å²) in [5.74, 6) is 0. The van der Waals surface area contributed by atoms with Crippen molar-refractivity contribution in [2.45, 2.75) is 0 Å². The van der Waals surface area contributed by atoms with Crippen molar-refractivity contribution in [2.75, 3.05) is 0 Å². The van der Waals surface area contributed by atoms with Crippen molar-refractivity contribution in [1.82, 2.24) is 0 Å². The van der Waals surface area contributed by atoms with Crippen molar-refractivity contribution < 1.29 is 0 Å². The zero-order chi connectivity index (χ0) is 22.2. The Bertz CT molecular complexity index is 2070. The first-order valence-corrected chi connectivity index (χ1v) is 13.2. The lowest BCUT2D eigenvalue weighted by molar-refractivity contribution is 1.74. The minimum absolute atomic E-state index is 1.30. The van der Waals surface area contributed by atoms with E-state index in [1.807, 2.05) is 22.7 Å². The molecule has 2 heteroatoms. The Balaban J connectivity index is 1.60. The van der Waals surface area contributed by atoms with Gasteiger partial charge in [0, 0.05) is 40.3 Å². The van der Waals surface area contributed by atoms with Gasteiger partial charge in [-0.15, -0.1) is 22.7 Å². The first-order chi connectivity index (χ1) is 16.9. The fourth-order valence-electron chi connectivity index (χ4n) is 5.63. The van der Waals surface area contributed by atoms with Gasteiger partial charge in [0.25, 0.3) is 0 Å². The predicted octanol–water partition coefficient (Wildman–Crippen LogP) is 10.4. The molecule has 34 heavy (non-hydrogen) atoms. The van der Waals surface area contributed by atoms with Gasteiger partial charge in [0.2, 0.25) is 0 Å². The number of hydrogen-bond donors (Lipinski definition) is 0. The largest absolute Gasteiger partial charge is 0.135 e. The number of hydrogen-bond acceptors (Lipinski definition) is 2. The maximum atomic E-state index is 2.44. The van der Waals surface area contributed by atoms with Crippen LogP contribution in [0.4, 0.5) is 0 Å². The quantitative estimate of drug-likeness (QED) is 0.226. The van der Waals surface area contributed by atoms with Crippen LogP contribution in [0.15, 0.2) is 109 Å². The van der Waals surface area contributed by atoms with Gasteiger partial charge < -0.3 is 0 Å². The number of benzene rings is 6. The molecule has 0 spiro atoms. The Morgan fingerprint density at radius 2 is 1.00 bits per heavy atom. The molecule has 0 saturated carbocycles. The van der Waals surface area contributed by atoms with E-state index in [0.717, 1.165) is 0 Å². The smallest absolute Gasteiger partial charge is 0.0368 e. The van der Waals surface area contributed by atoms with Crippen molar-refractivity contribution in [3.05, 3.63) is 109 Å². The molecule has 158 valence electrons. The van der Waals surface area contributed by atoms with E-state index in [9.17, 15) is 0 Å². The molecule has 0 amide bonds. The summed E-state index contributed by atoms with van der Waals surface area (Å²) in [6.07, 6.45) is 0. The average molecular weight is 467 g/mol. The van der Waals surface area contributed by atoms with Gasteiger partial charge in [-0.3, -0.25) is 0 Å². The van der Waals surface area contributed by atoms with Crippen LogP contribution in [0.1, 0.15) is 0 Å². The first-order valence-electron chi connectivity index (χ1n) is 11.5. The summed E-state index contributed by atoms with van der Waals surface area (Å²) in [4.78, 5) is 0. The molecule has 0 unspecified atom stereocenters. The maximum absolute atomic E-state index is 2.44. The SMILES string of the molecule is c1cc(-c2cc3sc4ccccc4c3c3ccccc23)c2c(c1)ccc1sc3ccccc3c12. The highest BCUT2D eigenvalue weighted by Crippen LogP contribution is 2.46. The molecule has 8 rings (SSSR count). The highest BCUT2D eigenvalue weighted by Gasteiger charge is 2.17. The minimum atomic E-state index is 1.30. The summed E-state index contributed by atoms with van der Waals surface area (Å²) in [7, 11) is 0. The highest BCUT2D eigenvalue weighted by atomic mass is 32.1. The van der Waals surface area contributed by atoms with Crippen molar-refractivity contribution in [2.24, 2.45) is 0 Å². The molecule has 0 fully saturated rings. The zero-order valence-corrected chi connectivity index (χ0v) is 19.8. The van der Waals surface area contributed by atoms with Crippen LogP contribution in [0.5, 0.6) is 0 Å². The van der Waals surface area contributed by atoms with E-state index in [4.69, 9.17) is 0 Å². The first kappa shape index (κ1) is 18.7. The summed E-state index contributed by atoms with van der Waals surface area (Å²) < 4.78 is 5.41. The van der Waals surface area contributed by atoms with E-state index in [1.165, 1.54) is 73.0 Å². The fourth-order valence-corrected chi connectivity index (χ4v) is 7.91. The van der Waals surface area contributed by atoms with E-state index < -0.39 is 0 Å². The summed E-state index contributed by atoms with van der Waals surface area (Å²) in [6.45, 7) is 0. The number of fused-ring (bicyclic) bond motifs is 10. The van der Waals surface area contributed by atoms with Crippen LogP contribution in [0.3, 0.4) is 0 Å². The molecule has 0 atom stereocenters. The topological polar surface area (TPSA) is 0 Å². The van der Waals surface area contributed by atoms with Crippen molar-refractivity contribution in [3.8, 4) is 11.1 Å². The van der Waals surface area contributed by atoms with Gasteiger partial charge in [0.1, 0.15) is 0 Å². The van der Waals surface area contributed by atoms with Gasteiger partial charge in [-0.2, -0.15) is 0 Å².